The molecule has 14 heteroatoms. The van der Waals surface area contributed by atoms with Crippen molar-refractivity contribution in [1.82, 2.24) is 24.6 Å². The van der Waals surface area contributed by atoms with Crippen molar-refractivity contribution in [2.45, 2.75) is 50.7 Å². The minimum Gasteiger partial charge on any atom is -0.465 e. The topological polar surface area (TPSA) is 87.4 Å². The zero-order valence-corrected chi connectivity index (χ0v) is 20.3. The molecule has 3 aromatic rings. The summed E-state index contributed by atoms with van der Waals surface area (Å²) in [6, 6.07) is 0.439. The first-order chi connectivity index (χ1) is 17.8. The average Bonchev–Trinajstić information content (AvgIpc) is 3.48. The molecular formula is C24H24F6N6O2. The number of likely N-dealkylation sites (tertiary alicyclic amines) is 1. The molecule has 1 aliphatic heterocycles. The minimum atomic E-state index is -5.00. The molecule has 0 radical (unpaired) electrons. The Balaban J connectivity index is 1.74. The number of aryl methyl sites for hydroxylation is 1. The summed E-state index contributed by atoms with van der Waals surface area (Å²) in [6.07, 6.45) is -4.10. The summed E-state index contributed by atoms with van der Waals surface area (Å²) in [7, 11) is 1.73. The van der Waals surface area contributed by atoms with Crippen LogP contribution in [0.25, 0.3) is 11.1 Å². The van der Waals surface area contributed by atoms with Crippen LogP contribution in [-0.4, -0.2) is 54.5 Å². The van der Waals surface area contributed by atoms with Crippen LogP contribution < -0.4 is 4.90 Å². The minimum absolute atomic E-state index is 0.00730. The predicted octanol–water partition coefficient (Wildman–Crippen LogP) is 5.45. The maximum Gasteiger partial charge on any atom is 0.416 e. The van der Waals surface area contributed by atoms with E-state index in [-0.39, 0.29) is 30.2 Å². The second-order valence-electron chi connectivity index (χ2n) is 9.10. The summed E-state index contributed by atoms with van der Waals surface area (Å²) in [6.45, 7) is 1.40. The van der Waals surface area contributed by atoms with Crippen LogP contribution in [0.4, 0.5) is 37.1 Å². The van der Waals surface area contributed by atoms with Crippen molar-refractivity contribution in [2.75, 3.05) is 11.4 Å². The first-order valence-corrected chi connectivity index (χ1v) is 11.6. The van der Waals surface area contributed by atoms with E-state index in [0.29, 0.717) is 36.1 Å². The Morgan fingerprint density at radius 3 is 2.08 bits per heavy atom. The first-order valence-electron chi connectivity index (χ1n) is 11.6. The van der Waals surface area contributed by atoms with Gasteiger partial charge in [-0.2, -0.15) is 31.4 Å². The number of alkyl halides is 6. The Morgan fingerprint density at radius 1 is 1.03 bits per heavy atom. The Kier molecular flexibility index (Phi) is 7.26. The summed E-state index contributed by atoms with van der Waals surface area (Å²) in [4.78, 5) is 23.1. The third-order valence-electron chi connectivity index (χ3n) is 6.48. The predicted molar refractivity (Wildman–Crippen MR) is 124 cm³/mol. The second-order valence-corrected chi connectivity index (χ2v) is 9.10. The van der Waals surface area contributed by atoms with Crippen LogP contribution in [-0.2, 0) is 25.9 Å². The average molecular weight is 542 g/mol. The van der Waals surface area contributed by atoms with Crippen molar-refractivity contribution >= 4 is 12.0 Å². The first kappa shape index (κ1) is 27.2. The van der Waals surface area contributed by atoms with Gasteiger partial charge in [0.25, 0.3) is 0 Å². The van der Waals surface area contributed by atoms with Crippen LogP contribution in [0.15, 0.2) is 43.0 Å². The van der Waals surface area contributed by atoms with E-state index in [1.54, 1.807) is 31.0 Å². The second kappa shape index (κ2) is 10.1. The Hall–Kier alpha value is -3.84. The number of benzene rings is 1. The highest BCUT2D eigenvalue weighted by molar-refractivity contribution is 5.66. The van der Waals surface area contributed by atoms with Gasteiger partial charge in [0.1, 0.15) is 0 Å². The molecule has 0 spiro atoms. The van der Waals surface area contributed by atoms with Crippen molar-refractivity contribution in [3.63, 3.8) is 0 Å². The number of hydrogen-bond donors (Lipinski definition) is 1. The summed E-state index contributed by atoms with van der Waals surface area (Å²) < 4.78 is 82.3. The van der Waals surface area contributed by atoms with Crippen molar-refractivity contribution in [3.8, 4) is 11.1 Å². The standard InChI is InChI=1S/C24H24F6N6O2/c1-3-19-7-20(13-36(19)22(37)38)35(21-31-8-15(9-32-21)16-10-33-34(2)12-16)11-14-4-17(23(25,26)27)6-18(5-14)24(28,29)30/h4-6,8-10,12,19-20H,3,7,11,13H2,1-2H3,(H,37,38). The molecule has 2 aromatic heterocycles. The van der Waals surface area contributed by atoms with Crippen molar-refractivity contribution in [1.29, 1.82) is 0 Å². The number of amides is 1. The van der Waals surface area contributed by atoms with Gasteiger partial charge in [-0.3, -0.25) is 4.68 Å². The van der Waals surface area contributed by atoms with Crippen molar-refractivity contribution in [3.05, 3.63) is 59.7 Å². The number of hydrogen-bond acceptors (Lipinski definition) is 5. The molecule has 4 rings (SSSR count). The third-order valence-corrected chi connectivity index (χ3v) is 6.48. The van der Waals surface area contributed by atoms with Crippen LogP contribution in [0.2, 0.25) is 0 Å². The maximum atomic E-state index is 13.5. The van der Waals surface area contributed by atoms with E-state index in [1.807, 2.05) is 0 Å². The third kappa shape index (κ3) is 5.83. The molecule has 1 aromatic carbocycles. The molecule has 1 N–H and O–H groups in total. The van der Waals surface area contributed by atoms with E-state index < -0.39 is 42.2 Å². The number of rotatable bonds is 6. The molecule has 0 bridgehead atoms. The molecule has 2 atom stereocenters. The lowest BCUT2D eigenvalue weighted by Crippen LogP contribution is -2.39. The summed E-state index contributed by atoms with van der Waals surface area (Å²) >= 11 is 0. The van der Waals surface area contributed by atoms with Gasteiger partial charge >= 0.3 is 18.4 Å². The van der Waals surface area contributed by atoms with Crippen LogP contribution in [0, 0.1) is 0 Å². The van der Waals surface area contributed by atoms with Crippen LogP contribution in [0.5, 0.6) is 0 Å². The normalized spacial score (nSPS) is 18.2. The highest BCUT2D eigenvalue weighted by Crippen LogP contribution is 2.37. The number of carboxylic acid groups (broad SMARTS) is 1. The molecule has 1 saturated heterocycles. The van der Waals surface area contributed by atoms with Gasteiger partial charge in [-0.25, -0.2) is 14.8 Å². The molecule has 1 fully saturated rings. The molecule has 0 aliphatic carbocycles. The number of aromatic nitrogens is 4. The largest absolute Gasteiger partial charge is 0.465 e. The lowest BCUT2D eigenvalue weighted by molar-refractivity contribution is -0.143. The maximum absolute atomic E-state index is 13.5. The van der Waals surface area contributed by atoms with E-state index in [4.69, 9.17) is 0 Å². The van der Waals surface area contributed by atoms with Gasteiger partial charge in [-0.1, -0.05) is 6.92 Å². The van der Waals surface area contributed by atoms with Gasteiger partial charge in [0.15, 0.2) is 0 Å². The molecule has 3 heterocycles. The van der Waals surface area contributed by atoms with Gasteiger partial charge < -0.3 is 14.9 Å². The van der Waals surface area contributed by atoms with Crippen LogP contribution in [0.1, 0.15) is 36.5 Å². The zero-order valence-electron chi connectivity index (χ0n) is 20.3. The number of nitrogens with zero attached hydrogens (tertiary/aromatic N) is 6. The van der Waals surface area contributed by atoms with E-state index in [1.165, 1.54) is 22.2 Å². The SMILES string of the molecule is CCC1CC(N(Cc2cc(C(F)(F)F)cc(C(F)(F)F)c2)c2ncc(-c3cnn(C)c3)cn2)CN1C(=O)O. The van der Waals surface area contributed by atoms with Gasteiger partial charge in [0.2, 0.25) is 5.95 Å². The van der Waals surface area contributed by atoms with Gasteiger partial charge in [-0.15, -0.1) is 0 Å². The fourth-order valence-electron chi connectivity index (χ4n) is 4.60. The Morgan fingerprint density at radius 2 is 1.63 bits per heavy atom. The lowest BCUT2D eigenvalue weighted by atomic mass is 10.0. The molecule has 1 amide bonds. The quantitative estimate of drug-likeness (QED) is 0.417. The van der Waals surface area contributed by atoms with Gasteiger partial charge in [-0.05, 0) is 36.6 Å². The lowest BCUT2D eigenvalue weighted by Gasteiger charge is -2.29. The van der Waals surface area contributed by atoms with E-state index in [9.17, 15) is 36.2 Å². The molecule has 204 valence electrons. The van der Waals surface area contributed by atoms with Crippen LogP contribution in [0.3, 0.4) is 0 Å². The highest BCUT2D eigenvalue weighted by Gasteiger charge is 2.40. The van der Waals surface area contributed by atoms with Crippen molar-refractivity contribution in [2.24, 2.45) is 7.05 Å². The van der Waals surface area contributed by atoms with Gasteiger partial charge in [0, 0.05) is 55.9 Å². The Labute approximate surface area is 213 Å². The summed E-state index contributed by atoms with van der Waals surface area (Å²) in [5, 5.41) is 13.7. The van der Waals surface area contributed by atoms with Crippen molar-refractivity contribution < 1.29 is 36.2 Å². The Bertz CT molecular complexity index is 1260. The fraction of sp³-hybridized carbons (Fsp3) is 0.417. The molecule has 1 aliphatic rings. The van der Waals surface area contributed by atoms with Crippen LogP contribution >= 0.6 is 0 Å². The number of carbonyl (C=O) groups is 1. The fourth-order valence-corrected chi connectivity index (χ4v) is 4.60. The molecule has 0 saturated carbocycles. The molecule has 38 heavy (non-hydrogen) atoms. The van der Waals surface area contributed by atoms with E-state index >= 15 is 0 Å². The van der Waals surface area contributed by atoms with E-state index in [2.05, 4.69) is 15.1 Å². The molecule has 8 nitrogen and oxygen atoms in total. The monoisotopic (exact) mass is 542 g/mol. The molecular weight excluding hydrogens is 518 g/mol. The van der Waals surface area contributed by atoms with Gasteiger partial charge in [0.05, 0.1) is 23.4 Å². The van der Waals surface area contributed by atoms with E-state index in [0.717, 1.165) is 0 Å². The summed E-state index contributed by atoms with van der Waals surface area (Å²) in [5.74, 6) is 0.0516. The zero-order chi connectivity index (χ0) is 27.8. The smallest absolute Gasteiger partial charge is 0.416 e. The number of anilines is 1. The molecule has 2 unspecified atom stereocenters. The summed E-state index contributed by atoms with van der Waals surface area (Å²) in [5.41, 5.74) is -1.80. The number of halogens is 6. The highest BCUT2D eigenvalue weighted by atomic mass is 19.4.